The first-order valence-electron chi connectivity index (χ1n) is 7.92. The Balaban J connectivity index is 2.22. The van der Waals surface area contributed by atoms with Crippen LogP contribution in [0.1, 0.15) is 22.8 Å². The number of rotatable bonds is 5. The number of nitrogens with zero attached hydrogens (tertiary/aromatic N) is 1. The molecule has 2 rings (SSSR count). The van der Waals surface area contributed by atoms with E-state index in [1.807, 2.05) is 6.07 Å². The molecule has 7 heteroatoms. The molecule has 0 heterocycles. The molecular weight excluding hydrogens is 346 g/mol. The molecule has 0 saturated heterocycles. The molecule has 0 fully saturated rings. The fourth-order valence-electron chi connectivity index (χ4n) is 2.26. The second kappa shape index (κ2) is 8.97. The van der Waals surface area contributed by atoms with Gasteiger partial charge in [-0.2, -0.15) is 5.26 Å². The van der Waals surface area contributed by atoms with Crippen molar-refractivity contribution in [2.75, 3.05) is 17.7 Å². The van der Waals surface area contributed by atoms with Crippen molar-refractivity contribution in [1.29, 1.82) is 5.26 Å². The zero-order chi connectivity index (χ0) is 19.8. The molecule has 0 aliphatic rings. The topological polar surface area (TPSA) is 108 Å². The van der Waals surface area contributed by atoms with Gasteiger partial charge in [0.2, 0.25) is 5.91 Å². The Morgan fingerprint density at radius 2 is 1.59 bits per heavy atom. The summed E-state index contributed by atoms with van der Waals surface area (Å²) in [5, 5.41) is 14.5. The fourth-order valence-corrected chi connectivity index (χ4v) is 2.26. The summed E-state index contributed by atoms with van der Waals surface area (Å²) in [6.45, 7) is 1.39. The minimum absolute atomic E-state index is 0.169. The zero-order valence-corrected chi connectivity index (χ0v) is 14.8. The summed E-state index contributed by atoms with van der Waals surface area (Å²) in [5.74, 6) is -1.39. The van der Waals surface area contributed by atoms with E-state index in [1.54, 1.807) is 48.5 Å². The molecule has 2 amide bonds. The first kappa shape index (κ1) is 19.4. The highest BCUT2D eigenvalue weighted by atomic mass is 16.5. The third-order valence-electron chi connectivity index (χ3n) is 3.49. The second-order valence-corrected chi connectivity index (χ2v) is 5.46. The Bertz CT molecular complexity index is 940. The van der Waals surface area contributed by atoms with Crippen molar-refractivity contribution in [3.63, 3.8) is 0 Å². The van der Waals surface area contributed by atoms with E-state index in [1.165, 1.54) is 20.1 Å². The van der Waals surface area contributed by atoms with Crippen LogP contribution >= 0.6 is 0 Å². The van der Waals surface area contributed by atoms with Gasteiger partial charge in [-0.3, -0.25) is 9.59 Å². The summed E-state index contributed by atoms with van der Waals surface area (Å²) >= 11 is 0. The first-order valence-corrected chi connectivity index (χ1v) is 7.92. The Kier molecular flexibility index (Phi) is 6.44. The van der Waals surface area contributed by atoms with Crippen LogP contribution < -0.4 is 10.6 Å². The maximum absolute atomic E-state index is 12.4. The number of carbonyl (C=O) groups is 3. The van der Waals surface area contributed by atoms with E-state index < -0.39 is 11.9 Å². The molecule has 0 saturated carbocycles. The Morgan fingerprint density at radius 1 is 1.00 bits per heavy atom. The van der Waals surface area contributed by atoms with E-state index >= 15 is 0 Å². The highest BCUT2D eigenvalue weighted by molar-refractivity contribution is 6.10. The first-order chi connectivity index (χ1) is 12.9. The molecule has 7 nitrogen and oxygen atoms in total. The predicted molar refractivity (Wildman–Crippen MR) is 101 cm³/mol. The lowest BCUT2D eigenvalue weighted by Crippen LogP contribution is -2.14. The molecule has 27 heavy (non-hydrogen) atoms. The van der Waals surface area contributed by atoms with Crippen LogP contribution in [-0.4, -0.2) is 24.9 Å². The molecule has 0 aromatic heterocycles. The van der Waals surface area contributed by atoms with E-state index in [2.05, 4.69) is 10.6 Å². The molecule has 2 N–H and O–H groups in total. The number of amides is 2. The predicted octanol–water partition coefficient (Wildman–Crippen LogP) is 2.98. The van der Waals surface area contributed by atoms with Crippen molar-refractivity contribution in [3.05, 3.63) is 65.2 Å². The van der Waals surface area contributed by atoms with Crippen molar-refractivity contribution >= 4 is 35.2 Å². The van der Waals surface area contributed by atoms with Gasteiger partial charge in [-0.15, -0.1) is 0 Å². The van der Waals surface area contributed by atoms with Crippen LogP contribution in [-0.2, 0) is 14.3 Å². The lowest BCUT2D eigenvalue weighted by Gasteiger charge is -2.07. The van der Waals surface area contributed by atoms with Gasteiger partial charge in [0.05, 0.1) is 12.7 Å². The monoisotopic (exact) mass is 363 g/mol. The SMILES string of the molecule is COC(=O)c1ccccc1/C=C(\C#N)C(=O)Nc1ccc(NC(C)=O)cc1. The normalized spacial score (nSPS) is 10.5. The number of benzene rings is 2. The number of nitrogens with one attached hydrogen (secondary N) is 2. The highest BCUT2D eigenvalue weighted by Gasteiger charge is 2.14. The minimum Gasteiger partial charge on any atom is -0.465 e. The van der Waals surface area contributed by atoms with Crippen LogP contribution in [0.25, 0.3) is 6.08 Å². The number of nitriles is 1. The molecule has 0 aliphatic carbocycles. The van der Waals surface area contributed by atoms with Gasteiger partial charge in [0, 0.05) is 18.3 Å². The maximum atomic E-state index is 12.4. The molecule has 2 aromatic carbocycles. The Hall–Kier alpha value is -3.92. The lowest BCUT2D eigenvalue weighted by atomic mass is 10.0. The van der Waals surface area contributed by atoms with Gasteiger partial charge >= 0.3 is 5.97 Å². The third kappa shape index (κ3) is 5.28. The fraction of sp³-hybridized carbons (Fsp3) is 0.100. The van der Waals surface area contributed by atoms with Crippen molar-refractivity contribution in [2.45, 2.75) is 6.92 Å². The molecule has 0 unspecified atom stereocenters. The number of anilines is 2. The molecule has 0 aliphatic heterocycles. The van der Waals surface area contributed by atoms with Crippen molar-refractivity contribution < 1.29 is 19.1 Å². The number of carbonyl (C=O) groups excluding carboxylic acids is 3. The molecule has 0 bridgehead atoms. The number of ether oxygens (including phenoxy) is 1. The van der Waals surface area contributed by atoms with Crippen LogP contribution in [0.3, 0.4) is 0 Å². The largest absolute Gasteiger partial charge is 0.465 e. The second-order valence-electron chi connectivity index (χ2n) is 5.46. The van der Waals surface area contributed by atoms with E-state index in [-0.39, 0.29) is 17.0 Å². The van der Waals surface area contributed by atoms with Gasteiger partial charge in [-0.05, 0) is 42.0 Å². The molecular formula is C20H17N3O4. The van der Waals surface area contributed by atoms with Crippen molar-refractivity contribution in [1.82, 2.24) is 0 Å². The average molecular weight is 363 g/mol. The van der Waals surface area contributed by atoms with Crippen molar-refractivity contribution in [3.8, 4) is 6.07 Å². The highest BCUT2D eigenvalue weighted by Crippen LogP contribution is 2.17. The van der Waals surface area contributed by atoms with Crippen LogP contribution in [0.2, 0.25) is 0 Å². The van der Waals surface area contributed by atoms with Crippen LogP contribution in [0.4, 0.5) is 11.4 Å². The summed E-state index contributed by atoms with van der Waals surface area (Å²) in [6, 6.07) is 14.8. The summed E-state index contributed by atoms with van der Waals surface area (Å²) in [6.07, 6.45) is 1.33. The zero-order valence-electron chi connectivity index (χ0n) is 14.8. The maximum Gasteiger partial charge on any atom is 0.338 e. The number of hydrogen-bond acceptors (Lipinski definition) is 5. The summed E-state index contributed by atoms with van der Waals surface area (Å²) in [4.78, 5) is 35.2. The smallest absolute Gasteiger partial charge is 0.338 e. The quantitative estimate of drug-likeness (QED) is 0.482. The van der Waals surface area contributed by atoms with Crippen LogP contribution in [0, 0.1) is 11.3 Å². The van der Waals surface area contributed by atoms with E-state index in [0.29, 0.717) is 16.9 Å². The number of methoxy groups -OCH3 is 1. The number of esters is 1. The van der Waals surface area contributed by atoms with Crippen LogP contribution in [0.15, 0.2) is 54.1 Å². The molecule has 0 radical (unpaired) electrons. The summed E-state index contributed by atoms with van der Waals surface area (Å²) in [7, 11) is 1.26. The Morgan fingerprint density at radius 3 is 2.15 bits per heavy atom. The number of hydrogen-bond donors (Lipinski definition) is 2. The molecule has 0 spiro atoms. The summed E-state index contributed by atoms with van der Waals surface area (Å²) in [5.41, 5.74) is 1.52. The van der Waals surface area contributed by atoms with Gasteiger partial charge in [0.1, 0.15) is 11.6 Å². The standard InChI is InChI=1S/C20H17N3O4/c1-13(24)22-16-7-9-17(10-8-16)23-19(25)15(12-21)11-14-5-3-4-6-18(14)20(26)27-2/h3-11H,1-2H3,(H,22,24)(H,23,25)/b15-11+. The molecule has 0 atom stereocenters. The minimum atomic E-state index is -0.621. The van der Waals surface area contributed by atoms with Crippen molar-refractivity contribution in [2.24, 2.45) is 0 Å². The third-order valence-corrected chi connectivity index (χ3v) is 3.49. The Labute approximate surface area is 156 Å². The van der Waals surface area contributed by atoms with Gasteiger partial charge in [0.25, 0.3) is 5.91 Å². The lowest BCUT2D eigenvalue weighted by molar-refractivity contribution is -0.114. The van der Waals surface area contributed by atoms with Gasteiger partial charge in [-0.1, -0.05) is 18.2 Å². The van der Waals surface area contributed by atoms with E-state index in [4.69, 9.17) is 4.74 Å². The van der Waals surface area contributed by atoms with Crippen LogP contribution in [0.5, 0.6) is 0 Å². The molecule has 2 aromatic rings. The molecule has 136 valence electrons. The van der Waals surface area contributed by atoms with E-state index in [0.717, 1.165) is 0 Å². The summed E-state index contributed by atoms with van der Waals surface area (Å²) < 4.78 is 4.71. The van der Waals surface area contributed by atoms with Gasteiger partial charge in [0.15, 0.2) is 0 Å². The average Bonchev–Trinajstić information content (AvgIpc) is 2.66. The van der Waals surface area contributed by atoms with E-state index in [9.17, 15) is 19.6 Å². The van der Waals surface area contributed by atoms with Gasteiger partial charge in [-0.25, -0.2) is 4.79 Å². The van der Waals surface area contributed by atoms with Gasteiger partial charge < -0.3 is 15.4 Å².